The van der Waals surface area contributed by atoms with Crippen LogP contribution in [0.4, 0.5) is 0 Å². The summed E-state index contributed by atoms with van der Waals surface area (Å²) in [5, 5.41) is 15.3. The van der Waals surface area contributed by atoms with Crippen molar-refractivity contribution in [2.24, 2.45) is 0 Å². The number of rotatable bonds is 6. The highest BCUT2D eigenvalue weighted by atomic mass is 32.1. The second-order valence-electron chi connectivity index (χ2n) is 6.11. The molecule has 1 amide bonds. The monoisotopic (exact) mass is 366 g/mol. The van der Waals surface area contributed by atoms with Gasteiger partial charge in [-0.3, -0.25) is 9.69 Å². The number of aliphatic hydroxyl groups is 1. The number of aromatic nitrogens is 2. The minimum Gasteiger partial charge on any atom is -0.390 e. The van der Waals surface area contributed by atoms with Crippen LogP contribution in [0.15, 0.2) is 16.4 Å². The Morgan fingerprint density at radius 2 is 2.33 bits per heavy atom. The molecule has 0 unspecified atom stereocenters. The summed E-state index contributed by atoms with van der Waals surface area (Å²) >= 11 is 3.17. The number of nitrogens with one attached hydrogen (secondary N) is 1. The van der Waals surface area contributed by atoms with Gasteiger partial charge in [-0.1, -0.05) is 0 Å². The molecule has 2 atom stereocenters. The number of carbonyl (C=O) groups is 1. The molecule has 2 aromatic heterocycles. The van der Waals surface area contributed by atoms with Gasteiger partial charge in [-0.2, -0.15) is 0 Å². The van der Waals surface area contributed by atoms with Crippen molar-refractivity contribution in [3.63, 3.8) is 0 Å². The van der Waals surface area contributed by atoms with E-state index < -0.39 is 6.10 Å². The molecule has 24 heavy (non-hydrogen) atoms. The number of piperidine rings is 1. The van der Waals surface area contributed by atoms with Crippen LogP contribution >= 0.6 is 22.7 Å². The lowest BCUT2D eigenvalue weighted by Crippen LogP contribution is -2.53. The van der Waals surface area contributed by atoms with Crippen LogP contribution in [-0.2, 0) is 17.8 Å². The summed E-state index contributed by atoms with van der Waals surface area (Å²) in [5.41, 5.74) is 5.67. The molecule has 0 bridgehead atoms. The van der Waals surface area contributed by atoms with E-state index in [1.54, 1.807) is 22.7 Å². The number of β-amino-alcohol motifs (C(OH)–C–C–N with tert-alkyl or cyclic N) is 1. The van der Waals surface area contributed by atoms with E-state index in [4.69, 9.17) is 0 Å². The van der Waals surface area contributed by atoms with Crippen LogP contribution in [-0.4, -0.2) is 51.1 Å². The molecule has 8 heteroatoms. The average molecular weight is 367 g/mol. The first-order valence-electron chi connectivity index (χ1n) is 8.07. The summed E-state index contributed by atoms with van der Waals surface area (Å²) in [6, 6.07) is -0.160. The second kappa shape index (κ2) is 8.15. The topological polar surface area (TPSA) is 78.4 Å². The number of nitrogens with zero attached hydrogens (tertiary/aromatic N) is 3. The van der Waals surface area contributed by atoms with Crippen LogP contribution in [0.5, 0.6) is 0 Å². The number of aryl methyl sites for hydroxylation is 2. The Kier molecular flexibility index (Phi) is 5.94. The Balaban J connectivity index is 1.43. The van der Waals surface area contributed by atoms with Crippen molar-refractivity contribution in [3.8, 4) is 0 Å². The van der Waals surface area contributed by atoms with Crippen molar-refractivity contribution in [2.75, 3.05) is 13.1 Å². The number of carbonyl (C=O) groups excluding carboxylic acids is 1. The molecule has 0 aliphatic carbocycles. The molecule has 2 N–H and O–H groups in total. The molecule has 3 rings (SSSR count). The minimum atomic E-state index is -0.536. The first kappa shape index (κ1) is 17.5. The third kappa shape index (κ3) is 4.60. The molecule has 0 spiro atoms. The van der Waals surface area contributed by atoms with Gasteiger partial charge in [-0.05, 0) is 19.8 Å². The maximum Gasteiger partial charge on any atom is 0.220 e. The fourth-order valence-electron chi connectivity index (χ4n) is 2.93. The van der Waals surface area contributed by atoms with Gasteiger partial charge in [-0.25, -0.2) is 9.97 Å². The van der Waals surface area contributed by atoms with Crippen molar-refractivity contribution in [2.45, 2.75) is 44.9 Å². The van der Waals surface area contributed by atoms with Gasteiger partial charge >= 0.3 is 0 Å². The van der Waals surface area contributed by atoms with E-state index in [-0.39, 0.29) is 11.9 Å². The zero-order valence-electron chi connectivity index (χ0n) is 13.6. The molecule has 1 aliphatic rings. The normalized spacial score (nSPS) is 21.8. The Morgan fingerprint density at radius 1 is 1.46 bits per heavy atom. The SMILES string of the molecule is Cc1ncsc1CCC(=O)N[C@@H]1CCN(Cc2cscn2)C[C@H]1O. The van der Waals surface area contributed by atoms with E-state index >= 15 is 0 Å². The van der Waals surface area contributed by atoms with Crippen LogP contribution < -0.4 is 5.32 Å². The third-order valence-electron chi connectivity index (χ3n) is 4.31. The minimum absolute atomic E-state index is 0.000184. The van der Waals surface area contributed by atoms with Crippen LogP contribution in [0, 0.1) is 6.92 Å². The molecule has 0 aromatic carbocycles. The van der Waals surface area contributed by atoms with Crippen LogP contribution in [0.2, 0.25) is 0 Å². The molecule has 1 saturated heterocycles. The molecule has 1 fully saturated rings. The fourth-order valence-corrected chi connectivity index (χ4v) is 4.26. The van der Waals surface area contributed by atoms with Crippen molar-refractivity contribution < 1.29 is 9.90 Å². The maximum absolute atomic E-state index is 12.1. The third-order valence-corrected chi connectivity index (χ3v) is 5.94. The number of aliphatic hydroxyl groups excluding tert-OH is 1. The zero-order valence-corrected chi connectivity index (χ0v) is 15.3. The van der Waals surface area contributed by atoms with Gasteiger partial charge < -0.3 is 10.4 Å². The molecule has 6 nitrogen and oxygen atoms in total. The van der Waals surface area contributed by atoms with Gasteiger partial charge in [0, 0.05) is 36.3 Å². The van der Waals surface area contributed by atoms with E-state index in [0.717, 1.165) is 35.8 Å². The Hall–Kier alpha value is -1.35. The lowest BCUT2D eigenvalue weighted by Gasteiger charge is -2.35. The van der Waals surface area contributed by atoms with Gasteiger partial charge in [0.2, 0.25) is 5.91 Å². The quantitative estimate of drug-likeness (QED) is 0.812. The summed E-state index contributed by atoms with van der Waals surface area (Å²) in [6.07, 6.45) is 1.37. The molecule has 130 valence electrons. The van der Waals surface area contributed by atoms with Gasteiger partial charge in [0.05, 0.1) is 34.6 Å². The van der Waals surface area contributed by atoms with Crippen LogP contribution in [0.3, 0.4) is 0 Å². The zero-order chi connectivity index (χ0) is 16.9. The van der Waals surface area contributed by atoms with Crippen molar-refractivity contribution >= 4 is 28.6 Å². The summed E-state index contributed by atoms with van der Waals surface area (Å²) in [7, 11) is 0. The van der Waals surface area contributed by atoms with E-state index in [9.17, 15) is 9.90 Å². The van der Waals surface area contributed by atoms with E-state index in [1.165, 1.54) is 0 Å². The fraction of sp³-hybridized carbons (Fsp3) is 0.562. The average Bonchev–Trinajstić information content (AvgIpc) is 3.20. The van der Waals surface area contributed by atoms with Crippen molar-refractivity contribution in [3.05, 3.63) is 32.7 Å². The van der Waals surface area contributed by atoms with Crippen LogP contribution in [0.1, 0.15) is 29.1 Å². The highest BCUT2D eigenvalue weighted by molar-refractivity contribution is 7.09. The standard InChI is InChI=1S/C16H22N4O2S2/c1-11-15(24-10-17-11)2-3-16(22)19-13-4-5-20(7-14(13)21)6-12-8-23-9-18-12/h8-10,13-14,21H,2-7H2,1H3,(H,19,22)/t13-,14-/m1/s1. The number of amides is 1. The summed E-state index contributed by atoms with van der Waals surface area (Å²) in [5.74, 6) is -0.000184. The molecule has 3 heterocycles. The Labute approximate surface area is 149 Å². The number of hydrogen-bond acceptors (Lipinski definition) is 7. The predicted octanol–water partition coefficient (Wildman–Crippen LogP) is 1.59. The smallest absolute Gasteiger partial charge is 0.220 e. The van der Waals surface area contributed by atoms with Gasteiger partial charge in [0.25, 0.3) is 0 Å². The van der Waals surface area contributed by atoms with E-state index in [2.05, 4.69) is 20.2 Å². The number of likely N-dealkylation sites (tertiary alicyclic amines) is 1. The lowest BCUT2D eigenvalue weighted by atomic mass is 10.0. The van der Waals surface area contributed by atoms with Gasteiger partial charge in [-0.15, -0.1) is 22.7 Å². The first-order valence-corrected chi connectivity index (χ1v) is 9.90. The number of hydrogen-bond donors (Lipinski definition) is 2. The van der Waals surface area contributed by atoms with Crippen LogP contribution in [0.25, 0.3) is 0 Å². The van der Waals surface area contributed by atoms with Gasteiger partial charge in [0.15, 0.2) is 0 Å². The van der Waals surface area contributed by atoms with E-state index in [0.29, 0.717) is 19.4 Å². The lowest BCUT2D eigenvalue weighted by molar-refractivity contribution is -0.123. The first-order chi connectivity index (χ1) is 11.6. The number of thiazole rings is 2. The largest absolute Gasteiger partial charge is 0.390 e. The highest BCUT2D eigenvalue weighted by Gasteiger charge is 2.28. The molecule has 2 aromatic rings. The summed E-state index contributed by atoms with van der Waals surface area (Å²) in [6.45, 7) is 4.14. The Bertz CT molecular complexity index is 659. The molecule has 0 saturated carbocycles. The molecule has 0 radical (unpaired) electrons. The summed E-state index contributed by atoms with van der Waals surface area (Å²) in [4.78, 5) is 24.0. The van der Waals surface area contributed by atoms with Crippen molar-refractivity contribution in [1.82, 2.24) is 20.2 Å². The second-order valence-corrected chi connectivity index (χ2v) is 7.76. The maximum atomic E-state index is 12.1. The van der Waals surface area contributed by atoms with E-state index in [1.807, 2.05) is 23.3 Å². The van der Waals surface area contributed by atoms with Gasteiger partial charge in [0.1, 0.15) is 0 Å². The van der Waals surface area contributed by atoms with Crippen molar-refractivity contribution in [1.29, 1.82) is 0 Å². The predicted molar refractivity (Wildman–Crippen MR) is 95.1 cm³/mol. The Morgan fingerprint density at radius 3 is 3.00 bits per heavy atom. The molecule has 1 aliphatic heterocycles. The molecular formula is C16H22N4O2S2. The highest BCUT2D eigenvalue weighted by Crippen LogP contribution is 2.16. The molecular weight excluding hydrogens is 344 g/mol. The summed E-state index contributed by atoms with van der Waals surface area (Å²) < 4.78 is 0.